The summed E-state index contributed by atoms with van der Waals surface area (Å²) in [5.41, 5.74) is 1.74. The van der Waals surface area contributed by atoms with Gasteiger partial charge in [-0.25, -0.2) is 4.98 Å². The van der Waals surface area contributed by atoms with E-state index in [2.05, 4.69) is 10.1 Å². The number of aliphatic hydroxyl groups excluding tert-OH is 1. The standard InChI is InChI=1S/C10H13N3OS/c1-6-9(7(2)14)15-10(11-6)8-4-5-13(3)12-8/h4-5,7,14H,1-3H3. The molecule has 5 heteroatoms. The molecule has 4 nitrogen and oxygen atoms in total. The van der Waals surface area contributed by atoms with Crippen molar-refractivity contribution >= 4 is 11.3 Å². The van der Waals surface area contributed by atoms with E-state index in [9.17, 15) is 5.11 Å². The highest BCUT2D eigenvalue weighted by atomic mass is 32.1. The maximum absolute atomic E-state index is 9.51. The number of aliphatic hydroxyl groups is 1. The zero-order chi connectivity index (χ0) is 11.0. The Bertz CT molecular complexity index is 473. The molecule has 0 aliphatic carbocycles. The fraction of sp³-hybridized carbons (Fsp3) is 0.400. The van der Waals surface area contributed by atoms with E-state index < -0.39 is 6.10 Å². The van der Waals surface area contributed by atoms with Crippen molar-refractivity contribution in [3.05, 3.63) is 22.8 Å². The van der Waals surface area contributed by atoms with E-state index in [1.807, 2.05) is 26.2 Å². The molecule has 2 aromatic heterocycles. The van der Waals surface area contributed by atoms with Crippen LogP contribution in [0.1, 0.15) is 23.6 Å². The molecule has 1 unspecified atom stereocenters. The maximum atomic E-state index is 9.51. The van der Waals surface area contributed by atoms with Crippen LogP contribution in [0.15, 0.2) is 12.3 Å². The number of nitrogens with zero attached hydrogens (tertiary/aromatic N) is 3. The first kappa shape index (κ1) is 10.3. The topological polar surface area (TPSA) is 50.9 Å². The van der Waals surface area contributed by atoms with Crippen LogP contribution in [0.2, 0.25) is 0 Å². The minimum Gasteiger partial charge on any atom is -0.388 e. The molecule has 0 spiro atoms. The molecule has 2 rings (SSSR count). The van der Waals surface area contributed by atoms with Crippen molar-refractivity contribution in [2.75, 3.05) is 0 Å². The highest BCUT2D eigenvalue weighted by Gasteiger charge is 2.14. The Labute approximate surface area is 92.2 Å². The number of rotatable bonds is 2. The van der Waals surface area contributed by atoms with Crippen molar-refractivity contribution in [3.63, 3.8) is 0 Å². The summed E-state index contributed by atoms with van der Waals surface area (Å²) in [5.74, 6) is 0. The van der Waals surface area contributed by atoms with Gasteiger partial charge in [-0.15, -0.1) is 11.3 Å². The largest absolute Gasteiger partial charge is 0.388 e. The Morgan fingerprint density at radius 2 is 2.27 bits per heavy atom. The van der Waals surface area contributed by atoms with Crippen LogP contribution in [0.3, 0.4) is 0 Å². The van der Waals surface area contributed by atoms with Crippen LogP contribution in [-0.4, -0.2) is 19.9 Å². The van der Waals surface area contributed by atoms with Crippen molar-refractivity contribution in [2.45, 2.75) is 20.0 Å². The second-order valence-corrected chi connectivity index (χ2v) is 4.55. The minimum atomic E-state index is -0.458. The minimum absolute atomic E-state index is 0.458. The number of hydrogen-bond donors (Lipinski definition) is 1. The number of hydrogen-bond acceptors (Lipinski definition) is 4. The Morgan fingerprint density at radius 3 is 2.73 bits per heavy atom. The van der Waals surface area contributed by atoms with Gasteiger partial charge in [0.25, 0.3) is 0 Å². The van der Waals surface area contributed by atoms with E-state index in [1.54, 1.807) is 11.6 Å². The summed E-state index contributed by atoms with van der Waals surface area (Å²) in [5, 5.41) is 14.7. The molecule has 0 aromatic carbocycles. The molecule has 1 N–H and O–H groups in total. The van der Waals surface area contributed by atoms with Crippen molar-refractivity contribution in [3.8, 4) is 10.7 Å². The Hall–Kier alpha value is -1.20. The molecule has 0 aliphatic rings. The van der Waals surface area contributed by atoms with Crippen LogP contribution in [-0.2, 0) is 7.05 Å². The SMILES string of the molecule is Cc1nc(-c2ccn(C)n2)sc1C(C)O. The first-order chi connectivity index (χ1) is 7.08. The van der Waals surface area contributed by atoms with Gasteiger partial charge in [0.05, 0.1) is 16.7 Å². The van der Waals surface area contributed by atoms with Gasteiger partial charge in [-0.1, -0.05) is 0 Å². The fourth-order valence-corrected chi connectivity index (χ4v) is 2.40. The van der Waals surface area contributed by atoms with Crippen LogP contribution in [0.4, 0.5) is 0 Å². The summed E-state index contributed by atoms with van der Waals surface area (Å²) in [6, 6.07) is 1.92. The van der Waals surface area contributed by atoms with Gasteiger partial charge in [-0.05, 0) is 19.9 Å². The Morgan fingerprint density at radius 1 is 1.53 bits per heavy atom. The van der Waals surface area contributed by atoms with E-state index in [4.69, 9.17) is 0 Å². The van der Waals surface area contributed by atoms with E-state index in [0.29, 0.717) is 0 Å². The molecule has 80 valence electrons. The fourth-order valence-electron chi connectivity index (χ4n) is 1.43. The molecule has 15 heavy (non-hydrogen) atoms. The van der Waals surface area contributed by atoms with Gasteiger partial charge in [0.15, 0.2) is 0 Å². The number of aryl methyl sites for hydroxylation is 2. The molecule has 0 saturated heterocycles. The zero-order valence-corrected chi connectivity index (χ0v) is 9.75. The average Bonchev–Trinajstić information content (AvgIpc) is 2.71. The summed E-state index contributed by atoms with van der Waals surface area (Å²) >= 11 is 1.50. The molecular weight excluding hydrogens is 210 g/mol. The van der Waals surface area contributed by atoms with Crippen LogP contribution >= 0.6 is 11.3 Å². The van der Waals surface area contributed by atoms with Gasteiger partial charge < -0.3 is 5.11 Å². The lowest BCUT2D eigenvalue weighted by Crippen LogP contribution is -1.88. The van der Waals surface area contributed by atoms with Gasteiger partial charge in [0.1, 0.15) is 10.7 Å². The van der Waals surface area contributed by atoms with Crippen LogP contribution in [0, 0.1) is 6.92 Å². The van der Waals surface area contributed by atoms with E-state index in [1.165, 1.54) is 11.3 Å². The molecule has 0 aliphatic heterocycles. The van der Waals surface area contributed by atoms with Crippen LogP contribution in [0.25, 0.3) is 10.7 Å². The van der Waals surface area contributed by atoms with Gasteiger partial charge in [-0.2, -0.15) is 5.10 Å². The highest BCUT2D eigenvalue weighted by molar-refractivity contribution is 7.15. The lowest BCUT2D eigenvalue weighted by molar-refractivity contribution is 0.202. The molecule has 0 saturated carbocycles. The van der Waals surface area contributed by atoms with Gasteiger partial charge >= 0.3 is 0 Å². The summed E-state index contributed by atoms with van der Waals surface area (Å²) in [4.78, 5) is 5.31. The zero-order valence-electron chi connectivity index (χ0n) is 8.93. The molecule has 0 fully saturated rings. The third-order valence-electron chi connectivity index (χ3n) is 2.14. The normalized spacial score (nSPS) is 13.1. The summed E-state index contributed by atoms with van der Waals surface area (Å²) < 4.78 is 1.74. The van der Waals surface area contributed by atoms with Crippen molar-refractivity contribution in [1.29, 1.82) is 0 Å². The lowest BCUT2D eigenvalue weighted by atomic mass is 10.3. The molecule has 0 amide bonds. The first-order valence-corrected chi connectivity index (χ1v) is 5.55. The third kappa shape index (κ3) is 1.93. The van der Waals surface area contributed by atoms with Crippen molar-refractivity contribution in [1.82, 2.24) is 14.8 Å². The van der Waals surface area contributed by atoms with Crippen molar-refractivity contribution in [2.24, 2.45) is 7.05 Å². The molecule has 2 heterocycles. The van der Waals surface area contributed by atoms with E-state index >= 15 is 0 Å². The predicted molar refractivity (Wildman–Crippen MR) is 59.7 cm³/mol. The summed E-state index contributed by atoms with van der Waals surface area (Å²) in [6.45, 7) is 3.66. The molecule has 0 radical (unpaired) electrons. The second kappa shape index (κ2) is 3.75. The average molecular weight is 223 g/mol. The van der Waals surface area contributed by atoms with Gasteiger partial charge in [-0.3, -0.25) is 4.68 Å². The van der Waals surface area contributed by atoms with Crippen LogP contribution in [0.5, 0.6) is 0 Å². The number of thiazole rings is 1. The predicted octanol–water partition coefficient (Wildman–Crippen LogP) is 1.91. The Kier molecular flexibility index (Phi) is 2.58. The molecule has 1 atom stereocenters. The quantitative estimate of drug-likeness (QED) is 0.846. The second-order valence-electron chi connectivity index (χ2n) is 3.52. The molecular formula is C10H13N3OS. The summed E-state index contributed by atoms with van der Waals surface area (Å²) in [6.07, 6.45) is 1.42. The Balaban J connectivity index is 2.42. The first-order valence-electron chi connectivity index (χ1n) is 4.73. The lowest BCUT2D eigenvalue weighted by Gasteiger charge is -1.98. The van der Waals surface area contributed by atoms with Gasteiger partial charge in [0, 0.05) is 13.2 Å². The van der Waals surface area contributed by atoms with Crippen molar-refractivity contribution < 1.29 is 5.11 Å². The number of aromatic nitrogens is 3. The highest BCUT2D eigenvalue weighted by Crippen LogP contribution is 2.30. The van der Waals surface area contributed by atoms with E-state index in [-0.39, 0.29) is 0 Å². The third-order valence-corrected chi connectivity index (χ3v) is 3.49. The molecule has 0 bridgehead atoms. The van der Waals surface area contributed by atoms with E-state index in [0.717, 1.165) is 21.3 Å². The maximum Gasteiger partial charge on any atom is 0.144 e. The van der Waals surface area contributed by atoms with Crippen LogP contribution < -0.4 is 0 Å². The summed E-state index contributed by atoms with van der Waals surface area (Å²) in [7, 11) is 1.87. The monoisotopic (exact) mass is 223 g/mol. The molecule has 2 aromatic rings. The smallest absolute Gasteiger partial charge is 0.144 e. The van der Waals surface area contributed by atoms with Gasteiger partial charge in [0.2, 0.25) is 0 Å².